The maximum atomic E-state index is 6.01. The average molecular weight is 486 g/mol. The Morgan fingerprint density at radius 2 is 1.70 bits per heavy atom. The largest absolute Gasteiger partial charge is 0.372 e. The Labute approximate surface area is 189 Å². The van der Waals surface area contributed by atoms with Gasteiger partial charge >= 0.3 is 0 Å². The maximum Gasteiger partial charge on any atom is 0.201 e. The second-order valence-electron chi connectivity index (χ2n) is 6.30. The van der Waals surface area contributed by atoms with Crippen molar-refractivity contribution < 1.29 is 0 Å². The molecule has 154 valence electrons. The Kier molecular flexibility index (Phi) is 7.93. The van der Waals surface area contributed by atoms with Gasteiger partial charge in [-0.05, 0) is 90.4 Å². The zero-order valence-electron chi connectivity index (χ0n) is 16.8. The first-order valence-electron chi connectivity index (χ1n) is 9.57. The molecule has 0 amide bonds. The van der Waals surface area contributed by atoms with E-state index in [2.05, 4.69) is 60.4 Å². The highest BCUT2D eigenvalue weighted by Gasteiger charge is 2.05. The first kappa shape index (κ1) is 21.9. The molecule has 3 aromatic rings. The van der Waals surface area contributed by atoms with Crippen LogP contribution in [-0.4, -0.2) is 23.9 Å². The van der Waals surface area contributed by atoms with Crippen LogP contribution in [-0.2, 0) is 0 Å². The van der Waals surface area contributed by atoms with E-state index < -0.39 is 0 Å². The van der Waals surface area contributed by atoms with Gasteiger partial charge in [0.2, 0.25) is 5.84 Å². The van der Waals surface area contributed by atoms with Crippen LogP contribution in [0.3, 0.4) is 0 Å². The van der Waals surface area contributed by atoms with Gasteiger partial charge < -0.3 is 4.90 Å². The number of azo groups is 1. The van der Waals surface area contributed by atoms with E-state index in [4.69, 9.17) is 11.6 Å². The van der Waals surface area contributed by atoms with Crippen LogP contribution >= 0.6 is 27.5 Å². The molecule has 2 aromatic carbocycles. The molecule has 1 aromatic heterocycles. The number of rotatable bonds is 7. The lowest BCUT2D eigenvalue weighted by molar-refractivity contribution is 0.866. The Morgan fingerprint density at radius 3 is 2.30 bits per heavy atom. The zero-order valence-corrected chi connectivity index (χ0v) is 19.1. The fraction of sp³-hybridized carbons (Fsp3) is 0.182. The van der Waals surface area contributed by atoms with Gasteiger partial charge in [0.15, 0.2) is 0 Å². The number of hydrazone groups is 1. The third-order valence-corrected chi connectivity index (χ3v) is 5.07. The molecule has 0 bridgehead atoms. The lowest BCUT2D eigenvalue weighted by Gasteiger charge is -2.20. The van der Waals surface area contributed by atoms with Crippen molar-refractivity contribution >= 4 is 50.6 Å². The lowest BCUT2D eigenvalue weighted by Crippen LogP contribution is -2.21. The van der Waals surface area contributed by atoms with E-state index in [9.17, 15) is 0 Å². The van der Waals surface area contributed by atoms with Crippen molar-refractivity contribution in [1.29, 1.82) is 0 Å². The van der Waals surface area contributed by atoms with Crippen LogP contribution in [0, 0.1) is 0 Å². The van der Waals surface area contributed by atoms with E-state index in [1.165, 1.54) is 0 Å². The van der Waals surface area contributed by atoms with Gasteiger partial charge in [-0.15, -0.1) is 10.2 Å². The normalized spacial score (nSPS) is 11.7. The fourth-order valence-electron chi connectivity index (χ4n) is 2.72. The number of pyridine rings is 1. The van der Waals surface area contributed by atoms with Gasteiger partial charge in [0, 0.05) is 40.0 Å². The number of halogens is 2. The average Bonchev–Trinajstić information content (AvgIpc) is 2.77. The van der Waals surface area contributed by atoms with Crippen LogP contribution in [0.2, 0.25) is 5.02 Å². The van der Waals surface area contributed by atoms with Crippen molar-refractivity contribution in [1.82, 2.24) is 4.98 Å². The summed E-state index contributed by atoms with van der Waals surface area (Å²) in [5.41, 5.74) is 5.61. The SMILES string of the molecule is CCN(CC)c1ccc(/N=N/C(=N\Nc2ccc(Br)cn2)c2ccc(Cl)cc2)cc1. The summed E-state index contributed by atoms with van der Waals surface area (Å²) in [6.45, 7) is 6.19. The van der Waals surface area contributed by atoms with Crippen molar-refractivity contribution in [2.75, 3.05) is 23.4 Å². The van der Waals surface area contributed by atoms with Crippen LogP contribution in [0.25, 0.3) is 0 Å². The zero-order chi connectivity index (χ0) is 21.3. The highest BCUT2D eigenvalue weighted by atomic mass is 79.9. The molecule has 0 saturated heterocycles. The summed E-state index contributed by atoms with van der Waals surface area (Å²) in [5.74, 6) is 1.02. The Bertz CT molecular complexity index is 997. The summed E-state index contributed by atoms with van der Waals surface area (Å²) >= 11 is 9.38. The molecule has 0 atom stereocenters. The number of hydrogen-bond donors (Lipinski definition) is 1. The van der Waals surface area contributed by atoms with Crippen LogP contribution in [0.4, 0.5) is 17.2 Å². The van der Waals surface area contributed by atoms with Crippen molar-refractivity contribution in [3.63, 3.8) is 0 Å². The summed E-state index contributed by atoms with van der Waals surface area (Å²) in [6, 6.07) is 19.0. The fourth-order valence-corrected chi connectivity index (χ4v) is 3.08. The second kappa shape index (κ2) is 10.8. The number of hydrogen-bond acceptors (Lipinski definition) is 5. The number of aromatic nitrogens is 1. The number of nitrogens with zero attached hydrogens (tertiary/aromatic N) is 5. The maximum absolute atomic E-state index is 6.01. The van der Waals surface area contributed by atoms with E-state index in [1.807, 2.05) is 48.5 Å². The standard InChI is InChI=1S/C22H22BrClN6/c1-3-30(4-2)20-12-10-19(11-13-20)26-28-22(16-5-8-18(24)9-6-16)29-27-21-14-7-17(23)15-25-21/h5-15H,3-4H2,1-2H3,(H,25,27)/b28-26+,29-22-. The highest BCUT2D eigenvalue weighted by Crippen LogP contribution is 2.21. The van der Waals surface area contributed by atoms with Crippen molar-refractivity contribution in [3.8, 4) is 0 Å². The topological polar surface area (TPSA) is 65.2 Å². The van der Waals surface area contributed by atoms with Crippen LogP contribution in [0.15, 0.2) is 86.7 Å². The molecule has 3 rings (SSSR count). The third kappa shape index (κ3) is 6.11. The molecule has 1 N–H and O–H groups in total. The van der Waals surface area contributed by atoms with E-state index in [1.54, 1.807) is 18.3 Å². The lowest BCUT2D eigenvalue weighted by atomic mass is 10.2. The molecular formula is C22H22BrClN6. The Hall–Kier alpha value is -2.77. The third-order valence-electron chi connectivity index (χ3n) is 4.34. The molecular weight excluding hydrogens is 464 g/mol. The van der Waals surface area contributed by atoms with Crippen molar-refractivity contribution in [2.45, 2.75) is 13.8 Å². The first-order chi connectivity index (χ1) is 14.6. The second-order valence-corrected chi connectivity index (χ2v) is 7.66. The van der Waals surface area contributed by atoms with Gasteiger partial charge in [0.05, 0.1) is 5.69 Å². The Balaban J connectivity index is 1.83. The molecule has 0 saturated carbocycles. The summed E-state index contributed by atoms with van der Waals surface area (Å²) in [7, 11) is 0. The van der Waals surface area contributed by atoms with Gasteiger partial charge in [0.25, 0.3) is 0 Å². The monoisotopic (exact) mass is 484 g/mol. The minimum Gasteiger partial charge on any atom is -0.372 e. The van der Waals surface area contributed by atoms with Gasteiger partial charge in [-0.25, -0.2) is 4.98 Å². The van der Waals surface area contributed by atoms with E-state index in [-0.39, 0.29) is 0 Å². The predicted molar refractivity (Wildman–Crippen MR) is 128 cm³/mol. The van der Waals surface area contributed by atoms with Gasteiger partial charge in [-0.3, -0.25) is 5.43 Å². The molecule has 0 aliphatic heterocycles. The van der Waals surface area contributed by atoms with E-state index >= 15 is 0 Å². The van der Waals surface area contributed by atoms with E-state index in [0.717, 1.165) is 34.5 Å². The molecule has 0 fully saturated rings. The predicted octanol–water partition coefficient (Wildman–Crippen LogP) is 6.90. The minimum absolute atomic E-state index is 0.421. The highest BCUT2D eigenvalue weighted by molar-refractivity contribution is 9.10. The first-order valence-corrected chi connectivity index (χ1v) is 10.7. The summed E-state index contributed by atoms with van der Waals surface area (Å²) in [4.78, 5) is 6.53. The molecule has 0 aliphatic rings. The molecule has 0 spiro atoms. The van der Waals surface area contributed by atoms with E-state index in [0.29, 0.717) is 16.7 Å². The number of benzene rings is 2. The molecule has 0 aliphatic carbocycles. The van der Waals surface area contributed by atoms with Crippen LogP contribution in [0.5, 0.6) is 0 Å². The molecule has 1 heterocycles. The van der Waals surface area contributed by atoms with Crippen molar-refractivity contribution in [3.05, 3.63) is 81.9 Å². The molecule has 6 nitrogen and oxygen atoms in total. The van der Waals surface area contributed by atoms with Crippen molar-refractivity contribution in [2.24, 2.45) is 15.3 Å². The number of amidine groups is 1. The quantitative estimate of drug-likeness (QED) is 0.171. The van der Waals surface area contributed by atoms with Gasteiger partial charge in [0.1, 0.15) is 5.82 Å². The minimum atomic E-state index is 0.421. The number of nitrogens with one attached hydrogen (secondary N) is 1. The van der Waals surface area contributed by atoms with Gasteiger partial charge in [-0.1, -0.05) is 11.6 Å². The molecule has 0 unspecified atom stereocenters. The summed E-state index contributed by atoms with van der Waals surface area (Å²) < 4.78 is 0.891. The smallest absolute Gasteiger partial charge is 0.201 e. The summed E-state index contributed by atoms with van der Waals surface area (Å²) in [5, 5.41) is 13.7. The molecule has 0 radical (unpaired) electrons. The van der Waals surface area contributed by atoms with Crippen LogP contribution < -0.4 is 10.3 Å². The summed E-state index contributed by atoms with van der Waals surface area (Å²) in [6.07, 6.45) is 1.69. The van der Waals surface area contributed by atoms with Gasteiger partial charge in [-0.2, -0.15) is 5.10 Å². The molecule has 30 heavy (non-hydrogen) atoms. The molecule has 8 heteroatoms. The Morgan fingerprint density at radius 1 is 1.00 bits per heavy atom. The number of anilines is 2. The van der Waals surface area contributed by atoms with Crippen LogP contribution in [0.1, 0.15) is 19.4 Å².